The average Bonchev–Trinajstić information content (AvgIpc) is 2.81. The third-order valence-corrected chi connectivity index (χ3v) is 5.54. The van der Waals surface area contributed by atoms with Gasteiger partial charge in [-0.3, -0.25) is 5.41 Å². The Bertz CT molecular complexity index is 1500. The molecule has 0 unspecified atom stereocenters. The highest BCUT2D eigenvalue weighted by Crippen LogP contribution is 2.44. The van der Waals surface area contributed by atoms with E-state index in [-0.39, 0.29) is 0 Å². The van der Waals surface area contributed by atoms with E-state index in [9.17, 15) is 4.79 Å². The Morgan fingerprint density at radius 3 is 2.55 bits per heavy atom. The number of fused-ring (bicyclic) bond motifs is 4. The van der Waals surface area contributed by atoms with E-state index in [1.54, 1.807) is 19.2 Å². The smallest absolute Gasteiger partial charge is 0.338 e. The van der Waals surface area contributed by atoms with Gasteiger partial charge in [0.05, 0.1) is 31.2 Å². The molecular formula is C26H20NO4+. The number of esters is 1. The van der Waals surface area contributed by atoms with Crippen molar-refractivity contribution in [3.63, 3.8) is 0 Å². The maximum atomic E-state index is 12.6. The molecule has 2 aliphatic rings. The van der Waals surface area contributed by atoms with Gasteiger partial charge in [0.15, 0.2) is 5.36 Å². The number of rotatable bonds is 3. The molecule has 0 amide bonds. The molecule has 0 saturated heterocycles. The third-order valence-electron chi connectivity index (χ3n) is 5.54. The van der Waals surface area contributed by atoms with Crippen molar-refractivity contribution in [2.75, 3.05) is 14.2 Å². The van der Waals surface area contributed by atoms with Crippen LogP contribution in [0.5, 0.6) is 5.75 Å². The number of benzene rings is 4. The second kappa shape index (κ2) is 7.29. The van der Waals surface area contributed by atoms with Crippen LogP contribution in [-0.4, -0.2) is 20.2 Å². The summed E-state index contributed by atoms with van der Waals surface area (Å²) < 4.78 is 17.1. The zero-order chi connectivity index (χ0) is 21.5. The van der Waals surface area contributed by atoms with E-state index in [4.69, 9.17) is 19.3 Å². The van der Waals surface area contributed by atoms with Gasteiger partial charge in [0.2, 0.25) is 0 Å². The number of hydrogen-bond acceptors (Lipinski definition) is 4. The van der Waals surface area contributed by atoms with E-state index in [0.29, 0.717) is 28.0 Å². The van der Waals surface area contributed by atoms with Gasteiger partial charge in [-0.1, -0.05) is 36.4 Å². The molecule has 31 heavy (non-hydrogen) atoms. The maximum absolute atomic E-state index is 12.6. The Kier molecular flexibility index (Phi) is 4.44. The van der Waals surface area contributed by atoms with Crippen LogP contribution in [0.15, 0.2) is 77.2 Å². The topological polar surface area (TPSA) is 74.3 Å². The van der Waals surface area contributed by atoms with Crippen LogP contribution in [-0.2, 0) is 4.74 Å². The predicted octanol–water partition coefficient (Wildman–Crippen LogP) is 3.81. The Morgan fingerprint density at radius 2 is 1.74 bits per heavy atom. The van der Waals surface area contributed by atoms with Gasteiger partial charge in [-0.15, -0.1) is 0 Å². The van der Waals surface area contributed by atoms with Gasteiger partial charge >= 0.3 is 5.97 Å². The number of methoxy groups -OCH3 is 2. The second-order valence-electron chi connectivity index (χ2n) is 7.27. The fourth-order valence-electron chi connectivity index (χ4n) is 4.15. The van der Waals surface area contributed by atoms with Crippen molar-refractivity contribution < 1.29 is 24.1 Å². The van der Waals surface area contributed by atoms with Crippen LogP contribution in [0, 0.1) is 0 Å². The summed E-state index contributed by atoms with van der Waals surface area (Å²) in [4.78, 5) is 12.6. The number of carbonyl (C=O) groups is 1. The first-order chi connectivity index (χ1) is 15.1. The molecule has 1 aliphatic carbocycles. The van der Waals surface area contributed by atoms with E-state index in [1.165, 1.54) is 7.11 Å². The Hall–Kier alpha value is -4.12. The Balaban J connectivity index is 2.03. The van der Waals surface area contributed by atoms with Crippen LogP contribution in [0.3, 0.4) is 0 Å². The van der Waals surface area contributed by atoms with Crippen LogP contribution in [0.2, 0.25) is 0 Å². The van der Waals surface area contributed by atoms with E-state index >= 15 is 0 Å². The van der Waals surface area contributed by atoms with Crippen molar-refractivity contribution in [3.05, 3.63) is 83.7 Å². The Labute approximate surface area is 178 Å². The zero-order valence-corrected chi connectivity index (χ0v) is 17.1. The molecule has 0 aromatic heterocycles. The van der Waals surface area contributed by atoms with Gasteiger partial charge in [-0.2, -0.15) is 0 Å². The van der Waals surface area contributed by atoms with Gasteiger partial charge in [-0.25, -0.2) is 4.79 Å². The largest absolute Gasteiger partial charge is 0.496 e. The monoisotopic (exact) mass is 410 g/mol. The van der Waals surface area contributed by atoms with Crippen LogP contribution in [0.1, 0.15) is 10.4 Å². The van der Waals surface area contributed by atoms with E-state index in [0.717, 1.165) is 32.8 Å². The molecule has 152 valence electrons. The molecule has 5 heteroatoms. The highest BCUT2D eigenvalue weighted by Gasteiger charge is 2.23. The third kappa shape index (κ3) is 2.94. The number of nitrogens with two attached hydrogens (primary N) is 1. The summed E-state index contributed by atoms with van der Waals surface area (Å²) in [5.74, 6) is 0.939. The molecule has 2 N–H and O–H groups in total. The molecule has 0 fully saturated rings. The summed E-state index contributed by atoms with van der Waals surface area (Å²) in [5.41, 5.74) is 3.65. The van der Waals surface area contributed by atoms with Gasteiger partial charge < -0.3 is 13.9 Å². The zero-order valence-electron chi connectivity index (χ0n) is 17.1. The summed E-state index contributed by atoms with van der Waals surface area (Å²) in [7, 11) is 3.02. The molecule has 5 nitrogen and oxygen atoms in total. The predicted molar refractivity (Wildman–Crippen MR) is 119 cm³/mol. The highest BCUT2D eigenvalue weighted by molar-refractivity contribution is 6.15. The quantitative estimate of drug-likeness (QED) is 0.279. The van der Waals surface area contributed by atoms with Crippen molar-refractivity contribution in [1.82, 2.24) is 0 Å². The van der Waals surface area contributed by atoms with E-state index in [2.05, 4.69) is 0 Å². The minimum absolute atomic E-state index is 0.397. The minimum Gasteiger partial charge on any atom is -0.496 e. The molecule has 1 heterocycles. The highest BCUT2D eigenvalue weighted by atomic mass is 16.5. The van der Waals surface area contributed by atoms with Crippen molar-refractivity contribution in [1.29, 1.82) is 0 Å². The van der Waals surface area contributed by atoms with Gasteiger partial charge in [-0.05, 0) is 35.2 Å². The van der Waals surface area contributed by atoms with Gasteiger partial charge in [0, 0.05) is 22.6 Å². The molecule has 5 rings (SSSR count). The molecular weight excluding hydrogens is 390 g/mol. The van der Waals surface area contributed by atoms with Crippen molar-refractivity contribution in [2.45, 2.75) is 0 Å². The summed E-state index contributed by atoms with van der Waals surface area (Å²) in [6, 6.07) is 22.9. The summed E-state index contributed by atoms with van der Waals surface area (Å²) in [6.07, 6.45) is 0. The lowest BCUT2D eigenvalue weighted by Gasteiger charge is -2.18. The van der Waals surface area contributed by atoms with Gasteiger partial charge in [0.25, 0.3) is 0 Å². The van der Waals surface area contributed by atoms with Crippen LogP contribution < -0.4 is 15.5 Å². The standard InChI is InChI=1S/C26H19NO4/c1-29-21-9-5-6-15-10-12-20-24(17-7-3-4-8-18(17)26(28)30-2)19-13-11-16(27)14-22(19)31-25(20)23(15)21/h3-14,27H,1-2H3/p+1. The van der Waals surface area contributed by atoms with Crippen LogP contribution >= 0.6 is 0 Å². The van der Waals surface area contributed by atoms with Crippen LogP contribution in [0.4, 0.5) is 0 Å². The normalized spacial score (nSPS) is 11.2. The molecule has 0 bridgehead atoms. The first-order valence-corrected chi connectivity index (χ1v) is 9.85. The number of hydrogen-bond donors (Lipinski definition) is 1. The first kappa shape index (κ1) is 18.9. The fourth-order valence-corrected chi connectivity index (χ4v) is 4.15. The SMILES string of the molecule is COC(=O)c1ccccc1-c1c2ccc(=[NH2+])cc-2oc2c1ccc1cccc(OC)c12. The summed E-state index contributed by atoms with van der Waals surface area (Å²) >= 11 is 0. The molecule has 0 spiro atoms. The Morgan fingerprint density at radius 1 is 0.903 bits per heavy atom. The molecule has 0 radical (unpaired) electrons. The molecule has 3 aromatic carbocycles. The average molecular weight is 410 g/mol. The lowest BCUT2D eigenvalue weighted by atomic mass is 9.89. The van der Waals surface area contributed by atoms with Crippen LogP contribution in [0.25, 0.3) is 44.2 Å². The molecule has 1 aliphatic heterocycles. The van der Waals surface area contributed by atoms with Crippen molar-refractivity contribution >= 4 is 27.7 Å². The van der Waals surface area contributed by atoms with Crippen molar-refractivity contribution in [2.24, 2.45) is 0 Å². The van der Waals surface area contributed by atoms with E-state index in [1.807, 2.05) is 60.7 Å². The number of ether oxygens (including phenoxy) is 2. The second-order valence-corrected chi connectivity index (χ2v) is 7.27. The first-order valence-electron chi connectivity index (χ1n) is 9.85. The molecule has 0 saturated carbocycles. The molecule has 3 aromatic rings. The number of carbonyl (C=O) groups excluding carboxylic acids is 1. The maximum Gasteiger partial charge on any atom is 0.338 e. The lowest BCUT2D eigenvalue weighted by Crippen LogP contribution is -2.44. The van der Waals surface area contributed by atoms with Gasteiger partial charge in [0.1, 0.15) is 17.1 Å². The summed E-state index contributed by atoms with van der Waals surface area (Å²) in [5, 5.41) is 9.38. The summed E-state index contributed by atoms with van der Waals surface area (Å²) in [6.45, 7) is 0. The van der Waals surface area contributed by atoms with Crippen molar-refractivity contribution in [3.8, 4) is 28.2 Å². The van der Waals surface area contributed by atoms with E-state index < -0.39 is 5.97 Å². The lowest BCUT2D eigenvalue weighted by molar-refractivity contribution is -0.172. The fraction of sp³-hybridized carbons (Fsp3) is 0.0769. The molecule has 0 atom stereocenters. The minimum atomic E-state index is -0.397.